The van der Waals surface area contributed by atoms with E-state index in [9.17, 15) is 4.21 Å². The minimum Gasteiger partial charge on any atom is -0.493 e. The third-order valence-corrected chi connectivity index (χ3v) is 2.60. The Labute approximate surface area is 80.1 Å². The van der Waals surface area contributed by atoms with Crippen molar-refractivity contribution < 1.29 is 13.7 Å². The van der Waals surface area contributed by atoms with E-state index in [1.54, 1.807) is 38.7 Å². The van der Waals surface area contributed by atoms with E-state index in [0.717, 1.165) is 4.90 Å². The SMILES string of the molecule is COc1ccc([S@](C)=O)cc1OC. The summed E-state index contributed by atoms with van der Waals surface area (Å²) in [5.41, 5.74) is 0. The summed E-state index contributed by atoms with van der Waals surface area (Å²) in [5, 5.41) is 0. The molecule has 1 aromatic carbocycles. The van der Waals surface area contributed by atoms with Crippen LogP contribution in [0.5, 0.6) is 11.5 Å². The van der Waals surface area contributed by atoms with E-state index in [-0.39, 0.29) is 0 Å². The summed E-state index contributed by atoms with van der Waals surface area (Å²) in [6.07, 6.45) is 1.63. The fourth-order valence-electron chi connectivity index (χ4n) is 0.995. The third kappa shape index (κ3) is 2.21. The van der Waals surface area contributed by atoms with Crippen molar-refractivity contribution >= 4 is 10.8 Å². The van der Waals surface area contributed by atoms with Gasteiger partial charge in [0, 0.05) is 28.0 Å². The molecule has 1 aromatic rings. The molecular formula is C9H12O3S. The molecule has 13 heavy (non-hydrogen) atoms. The Hall–Kier alpha value is -1.03. The largest absolute Gasteiger partial charge is 0.493 e. The average molecular weight is 200 g/mol. The van der Waals surface area contributed by atoms with Gasteiger partial charge in [-0.1, -0.05) is 0 Å². The lowest BCUT2D eigenvalue weighted by Crippen LogP contribution is -1.93. The Morgan fingerprint density at radius 2 is 1.77 bits per heavy atom. The molecule has 0 amide bonds. The lowest BCUT2D eigenvalue weighted by atomic mass is 10.3. The molecule has 0 aromatic heterocycles. The van der Waals surface area contributed by atoms with Crippen LogP contribution in [-0.2, 0) is 10.8 Å². The first-order chi connectivity index (χ1) is 6.19. The Morgan fingerprint density at radius 1 is 1.15 bits per heavy atom. The smallest absolute Gasteiger partial charge is 0.161 e. The maximum atomic E-state index is 11.1. The third-order valence-electron chi connectivity index (χ3n) is 1.69. The van der Waals surface area contributed by atoms with Gasteiger partial charge < -0.3 is 9.47 Å². The standard InChI is InChI=1S/C9H12O3S/c1-11-8-5-4-7(13(3)10)6-9(8)12-2/h4-6H,1-3H3/t13-/m0/s1. The van der Waals surface area contributed by atoms with Crippen molar-refractivity contribution in [2.45, 2.75) is 4.90 Å². The van der Waals surface area contributed by atoms with Gasteiger partial charge in [-0.15, -0.1) is 0 Å². The van der Waals surface area contributed by atoms with E-state index in [1.165, 1.54) is 0 Å². The molecule has 1 rings (SSSR count). The minimum atomic E-state index is -0.987. The quantitative estimate of drug-likeness (QED) is 0.740. The predicted molar refractivity (Wildman–Crippen MR) is 51.9 cm³/mol. The minimum absolute atomic E-state index is 0.607. The van der Waals surface area contributed by atoms with Gasteiger partial charge in [-0.25, -0.2) is 0 Å². The van der Waals surface area contributed by atoms with Crippen molar-refractivity contribution in [1.82, 2.24) is 0 Å². The van der Waals surface area contributed by atoms with Crippen LogP contribution < -0.4 is 9.47 Å². The zero-order valence-electron chi connectivity index (χ0n) is 7.87. The molecule has 0 bridgehead atoms. The highest BCUT2D eigenvalue weighted by molar-refractivity contribution is 7.84. The summed E-state index contributed by atoms with van der Waals surface area (Å²) in [6.45, 7) is 0. The molecule has 0 saturated heterocycles. The van der Waals surface area contributed by atoms with E-state index < -0.39 is 10.8 Å². The van der Waals surface area contributed by atoms with Crippen molar-refractivity contribution in [2.75, 3.05) is 20.5 Å². The van der Waals surface area contributed by atoms with Gasteiger partial charge in [0.15, 0.2) is 11.5 Å². The Morgan fingerprint density at radius 3 is 2.23 bits per heavy atom. The molecule has 0 aliphatic rings. The molecule has 0 fully saturated rings. The molecular weight excluding hydrogens is 188 g/mol. The first-order valence-corrected chi connectivity index (χ1v) is 5.30. The lowest BCUT2D eigenvalue weighted by molar-refractivity contribution is 0.354. The first kappa shape index (κ1) is 10.1. The molecule has 0 N–H and O–H groups in total. The fraction of sp³-hybridized carbons (Fsp3) is 0.333. The predicted octanol–water partition coefficient (Wildman–Crippen LogP) is 1.44. The van der Waals surface area contributed by atoms with Crippen molar-refractivity contribution in [3.8, 4) is 11.5 Å². The van der Waals surface area contributed by atoms with Gasteiger partial charge in [0.1, 0.15) is 0 Å². The van der Waals surface area contributed by atoms with Crippen LogP contribution in [0.15, 0.2) is 23.1 Å². The summed E-state index contributed by atoms with van der Waals surface area (Å²) >= 11 is 0. The molecule has 0 spiro atoms. The molecule has 3 nitrogen and oxygen atoms in total. The zero-order valence-corrected chi connectivity index (χ0v) is 8.68. The highest BCUT2D eigenvalue weighted by Crippen LogP contribution is 2.28. The summed E-state index contributed by atoms with van der Waals surface area (Å²) in [7, 11) is 2.14. The van der Waals surface area contributed by atoms with Crippen molar-refractivity contribution in [2.24, 2.45) is 0 Å². The molecule has 1 atom stereocenters. The maximum Gasteiger partial charge on any atom is 0.161 e. The van der Waals surface area contributed by atoms with E-state index in [1.807, 2.05) is 0 Å². The fourth-order valence-corrected chi connectivity index (χ4v) is 1.53. The highest BCUT2D eigenvalue weighted by atomic mass is 32.2. The monoisotopic (exact) mass is 200 g/mol. The number of methoxy groups -OCH3 is 2. The average Bonchev–Trinajstić information content (AvgIpc) is 2.16. The van der Waals surface area contributed by atoms with Gasteiger partial charge in [-0.05, 0) is 12.1 Å². The second kappa shape index (κ2) is 4.28. The molecule has 0 heterocycles. The van der Waals surface area contributed by atoms with Crippen LogP contribution in [-0.4, -0.2) is 24.7 Å². The van der Waals surface area contributed by atoms with Crippen LogP contribution in [0.1, 0.15) is 0 Å². The lowest BCUT2D eigenvalue weighted by Gasteiger charge is -2.07. The van der Waals surface area contributed by atoms with E-state index in [2.05, 4.69) is 0 Å². The Kier molecular flexibility index (Phi) is 3.31. The van der Waals surface area contributed by atoms with Crippen molar-refractivity contribution in [1.29, 1.82) is 0 Å². The van der Waals surface area contributed by atoms with Gasteiger partial charge in [0.2, 0.25) is 0 Å². The molecule has 4 heteroatoms. The zero-order chi connectivity index (χ0) is 9.84. The number of hydrogen-bond acceptors (Lipinski definition) is 3. The van der Waals surface area contributed by atoms with E-state index >= 15 is 0 Å². The van der Waals surface area contributed by atoms with Crippen molar-refractivity contribution in [3.63, 3.8) is 0 Å². The second-order valence-corrected chi connectivity index (χ2v) is 3.85. The number of hydrogen-bond donors (Lipinski definition) is 0. The van der Waals surface area contributed by atoms with Crippen LogP contribution in [0.25, 0.3) is 0 Å². The Bertz CT molecular complexity index is 323. The van der Waals surface area contributed by atoms with Crippen LogP contribution in [0.4, 0.5) is 0 Å². The van der Waals surface area contributed by atoms with Gasteiger partial charge in [0.05, 0.1) is 14.2 Å². The summed E-state index contributed by atoms with van der Waals surface area (Å²) < 4.78 is 21.2. The van der Waals surface area contributed by atoms with Gasteiger partial charge >= 0.3 is 0 Å². The highest BCUT2D eigenvalue weighted by Gasteiger charge is 2.05. The first-order valence-electron chi connectivity index (χ1n) is 3.74. The normalized spacial score (nSPS) is 12.2. The van der Waals surface area contributed by atoms with Crippen molar-refractivity contribution in [3.05, 3.63) is 18.2 Å². The molecule has 72 valence electrons. The maximum absolute atomic E-state index is 11.1. The topological polar surface area (TPSA) is 35.5 Å². The number of ether oxygens (including phenoxy) is 2. The molecule has 0 saturated carbocycles. The summed E-state index contributed by atoms with van der Waals surface area (Å²) in [4.78, 5) is 0.734. The van der Waals surface area contributed by atoms with Crippen LogP contribution >= 0.6 is 0 Å². The van der Waals surface area contributed by atoms with Gasteiger partial charge in [-0.3, -0.25) is 4.21 Å². The molecule has 0 aliphatic heterocycles. The Balaban J connectivity index is 3.13. The number of rotatable bonds is 3. The molecule has 0 radical (unpaired) electrons. The van der Waals surface area contributed by atoms with Crippen LogP contribution in [0.3, 0.4) is 0 Å². The van der Waals surface area contributed by atoms with Gasteiger partial charge in [-0.2, -0.15) is 0 Å². The van der Waals surface area contributed by atoms with Gasteiger partial charge in [0.25, 0.3) is 0 Å². The number of benzene rings is 1. The van der Waals surface area contributed by atoms with E-state index in [4.69, 9.17) is 9.47 Å². The molecule has 0 aliphatic carbocycles. The summed E-state index contributed by atoms with van der Waals surface area (Å²) in [6, 6.07) is 5.22. The summed E-state index contributed by atoms with van der Waals surface area (Å²) in [5.74, 6) is 1.26. The van der Waals surface area contributed by atoms with Crippen LogP contribution in [0, 0.1) is 0 Å². The second-order valence-electron chi connectivity index (χ2n) is 2.47. The molecule has 0 unspecified atom stereocenters. The van der Waals surface area contributed by atoms with Crippen LogP contribution in [0.2, 0.25) is 0 Å². The van der Waals surface area contributed by atoms with E-state index in [0.29, 0.717) is 11.5 Å².